The predicted octanol–water partition coefficient (Wildman–Crippen LogP) is 2.94. The van der Waals surface area contributed by atoms with Crippen LogP contribution in [0.5, 0.6) is 0 Å². The molecule has 1 atom stereocenters. The van der Waals surface area contributed by atoms with E-state index in [2.05, 4.69) is 27.9 Å². The van der Waals surface area contributed by atoms with E-state index in [1.54, 1.807) is 17.7 Å². The molecule has 2 aromatic rings. The van der Waals surface area contributed by atoms with Gasteiger partial charge in [-0.05, 0) is 32.3 Å². The lowest BCUT2D eigenvalue weighted by Gasteiger charge is -2.38. The fraction of sp³-hybridized carbons (Fsp3) is 0.533. The van der Waals surface area contributed by atoms with Gasteiger partial charge in [-0.25, -0.2) is 9.97 Å². The molecule has 3 heterocycles. The number of carboxylic acids is 1. The molecule has 1 saturated heterocycles. The van der Waals surface area contributed by atoms with Gasteiger partial charge in [0.15, 0.2) is 0 Å². The Labute approximate surface area is 127 Å². The van der Waals surface area contributed by atoms with Crippen molar-refractivity contribution in [2.45, 2.75) is 33.1 Å². The van der Waals surface area contributed by atoms with Crippen molar-refractivity contribution in [3.63, 3.8) is 0 Å². The topological polar surface area (TPSA) is 66.3 Å². The van der Waals surface area contributed by atoms with Gasteiger partial charge in [0.1, 0.15) is 17.0 Å². The van der Waals surface area contributed by atoms with Crippen LogP contribution >= 0.6 is 11.3 Å². The van der Waals surface area contributed by atoms with Crippen molar-refractivity contribution in [1.82, 2.24) is 9.97 Å². The Bertz CT molecular complexity index is 685. The van der Waals surface area contributed by atoms with Crippen molar-refractivity contribution in [3.8, 4) is 0 Å². The summed E-state index contributed by atoms with van der Waals surface area (Å²) in [6.45, 7) is 5.31. The van der Waals surface area contributed by atoms with Gasteiger partial charge in [-0.1, -0.05) is 6.92 Å². The van der Waals surface area contributed by atoms with Gasteiger partial charge in [0.05, 0.1) is 10.8 Å². The van der Waals surface area contributed by atoms with Gasteiger partial charge in [0.25, 0.3) is 0 Å². The zero-order valence-electron chi connectivity index (χ0n) is 12.3. The quantitative estimate of drug-likeness (QED) is 0.944. The lowest BCUT2D eigenvalue weighted by molar-refractivity contribution is -0.148. The molecule has 3 rings (SSSR count). The summed E-state index contributed by atoms with van der Waals surface area (Å²) in [6, 6.07) is 2.14. The zero-order valence-corrected chi connectivity index (χ0v) is 13.1. The molecule has 0 radical (unpaired) electrons. The van der Waals surface area contributed by atoms with Gasteiger partial charge in [-0.2, -0.15) is 0 Å². The molecular weight excluding hydrogens is 286 g/mol. The van der Waals surface area contributed by atoms with Gasteiger partial charge in [-0.15, -0.1) is 11.3 Å². The van der Waals surface area contributed by atoms with E-state index in [0.29, 0.717) is 6.54 Å². The van der Waals surface area contributed by atoms with Crippen LogP contribution in [0.3, 0.4) is 0 Å². The van der Waals surface area contributed by atoms with Crippen LogP contribution in [0, 0.1) is 5.41 Å². The molecule has 0 bridgehead atoms. The third-order valence-corrected chi connectivity index (χ3v) is 5.41. The summed E-state index contributed by atoms with van der Waals surface area (Å²) in [5.41, 5.74) is -0.695. The normalized spacial score (nSPS) is 22.7. The number of aliphatic carboxylic acids is 1. The maximum Gasteiger partial charge on any atom is 0.311 e. The average Bonchev–Trinajstić information content (AvgIpc) is 2.90. The number of carbonyl (C=O) groups is 1. The smallest absolute Gasteiger partial charge is 0.311 e. The van der Waals surface area contributed by atoms with E-state index < -0.39 is 11.4 Å². The number of rotatable bonds is 3. The summed E-state index contributed by atoms with van der Waals surface area (Å²) in [4.78, 5) is 24.7. The van der Waals surface area contributed by atoms with Gasteiger partial charge < -0.3 is 10.0 Å². The highest BCUT2D eigenvalue weighted by molar-refractivity contribution is 7.18. The highest BCUT2D eigenvalue weighted by atomic mass is 32.1. The molecule has 1 aliphatic heterocycles. The van der Waals surface area contributed by atoms with Gasteiger partial charge in [0.2, 0.25) is 0 Å². The van der Waals surface area contributed by atoms with Crippen molar-refractivity contribution in [3.05, 3.63) is 17.3 Å². The summed E-state index contributed by atoms with van der Waals surface area (Å²) in [5.74, 6) is 0.153. The second-order valence-electron chi connectivity index (χ2n) is 5.87. The van der Waals surface area contributed by atoms with E-state index in [0.717, 1.165) is 41.8 Å². The first-order valence-corrected chi connectivity index (χ1v) is 8.07. The second kappa shape index (κ2) is 5.26. The Hall–Kier alpha value is -1.69. The van der Waals surface area contributed by atoms with Crippen LogP contribution < -0.4 is 4.90 Å². The molecule has 0 spiro atoms. The lowest BCUT2D eigenvalue weighted by Crippen LogP contribution is -2.46. The van der Waals surface area contributed by atoms with Crippen LogP contribution in [0.15, 0.2) is 12.4 Å². The Balaban J connectivity index is 2.00. The van der Waals surface area contributed by atoms with Crippen LogP contribution in [0.1, 0.15) is 31.6 Å². The van der Waals surface area contributed by atoms with Crippen molar-refractivity contribution < 1.29 is 9.90 Å². The number of aromatic nitrogens is 2. The Kier molecular flexibility index (Phi) is 3.57. The first-order valence-electron chi connectivity index (χ1n) is 7.25. The van der Waals surface area contributed by atoms with Crippen LogP contribution in [-0.2, 0) is 11.2 Å². The first kappa shape index (κ1) is 14.3. The highest BCUT2D eigenvalue weighted by Gasteiger charge is 2.38. The van der Waals surface area contributed by atoms with E-state index in [9.17, 15) is 9.90 Å². The summed E-state index contributed by atoms with van der Waals surface area (Å²) >= 11 is 1.69. The lowest BCUT2D eigenvalue weighted by atomic mass is 9.82. The molecule has 1 fully saturated rings. The second-order valence-corrected chi connectivity index (χ2v) is 6.99. The fourth-order valence-electron chi connectivity index (χ4n) is 2.91. The van der Waals surface area contributed by atoms with Crippen molar-refractivity contribution in [2.75, 3.05) is 18.0 Å². The van der Waals surface area contributed by atoms with Crippen molar-refractivity contribution in [2.24, 2.45) is 5.41 Å². The number of anilines is 1. The minimum Gasteiger partial charge on any atom is -0.481 e. The molecule has 0 amide bonds. The summed E-state index contributed by atoms with van der Waals surface area (Å²) < 4.78 is 0. The van der Waals surface area contributed by atoms with Crippen LogP contribution in [0.4, 0.5) is 5.82 Å². The monoisotopic (exact) mass is 305 g/mol. The Morgan fingerprint density at radius 3 is 3.05 bits per heavy atom. The molecule has 0 saturated carbocycles. The molecule has 0 aliphatic carbocycles. The third kappa shape index (κ3) is 2.48. The zero-order chi connectivity index (χ0) is 15.0. The van der Waals surface area contributed by atoms with Gasteiger partial charge in [0, 0.05) is 18.0 Å². The van der Waals surface area contributed by atoms with Gasteiger partial charge in [-0.3, -0.25) is 4.79 Å². The molecule has 1 aliphatic rings. The number of piperidine rings is 1. The number of hydrogen-bond donors (Lipinski definition) is 1. The van der Waals surface area contributed by atoms with E-state index in [4.69, 9.17) is 0 Å². The van der Waals surface area contributed by atoms with Crippen molar-refractivity contribution in [1.29, 1.82) is 0 Å². The number of thiophene rings is 1. The van der Waals surface area contributed by atoms with Gasteiger partial charge >= 0.3 is 5.97 Å². The summed E-state index contributed by atoms with van der Waals surface area (Å²) in [7, 11) is 0. The van der Waals surface area contributed by atoms with Crippen LogP contribution in [0.25, 0.3) is 10.2 Å². The standard InChI is InChI=1S/C15H19N3O2S/c1-3-10-7-11-12(16-9-17-13(11)21-10)18-6-4-5-15(2,8-18)14(19)20/h7,9H,3-6,8H2,1-2H3,(H,19,20). The molecule has 1 N–H and O–H groups in total. The summed E-state index contributed by atoms with van der Waals surface area (Å²) in [6.07, 6.45) is 4.16. The Morgan fingerprint density at radius 1 is 1.52 bits per heavy atom. The molecular formula is C15H19N3O2S. The molecule has 0 aromatic carbocycles. The van der Waals surface area contributed by atoms with Crippen molar-refractivity contribution >= 4 is 33.3 Å². The fourth-order valence-corrected chi connectivity index (χ4v) is 3.84. The van der Waals surface area contributed by atoms with Crippen LogP contribution in [0.2, 0.25) is 0 Å². The largest absolute Gasteiger partial charge is 0.481 e. The minimum atomic E-state index is -0.725. The number of fused-ring (bicyclic) bond motifs is 1. The highest BCUT2D eigenvalue weighted by Crippen LogP contribution is 2.36. The minimum absolute atomic E-state index is 0.506. The Morgan fingerprint density at radius 2 is 2.33 bits per heavy atom. The SMILES string of the molecule is CCc1cc2c(N3CCCC(C)(C(=O)O)C3)ncnc2s1. The molecule has 6 heteroatoms. The molecule has 1 unspecified atom stereocenters. The van der Waals surface area contributed by atoms with E-state index in [1.165, 1.54) is 4.88 Å². The molecule has 112 valence electrons. The van der Waals surface area contributed by atoms with E-state index in [-0.39, 0.29) is 0 Å². The molecule has 5 nitrogen and oxygen atoms in total. The molecule has 21 heavy (non-hydrogen) atoms. The number of nitrogens with zero attached hydrogens (tertiary/aromatic N) is 3. The maximum absolute atomic E-state index is 11.5. The predicted molar refractivity (Wildman–Crippen MR) is 84.0 cm³/mol. The molecule has 2 aromatic heterocycles. The van der Waals surface area contributed by atoms with Crippen LogP contribution in [-0.4, -0.2) is 34.1 Å². The third-order valence-electron chi connectivity index (χ3n) is 4.22. The first-order chi connectivity index (χ1) is 10.0. The summed E-state index contributed by atoms with van der Waals surface area (Å²) in [5, 5.41) is 10.5. The average molecular weight is 305 g/mol. The number of aryl methyl sites for hydroxylation is 1. The van der Waals surface area contributed by atoms with E-state index in [1.807, 2.05) is 6.92 Å². The number of hydrogen-bond acceptors (Lipinski definition) is 5. The van der Waals surface area contributed by atoms with E-state index >= 15 is 0 Å². The number of carboxylic acid groups (broad SMARTS) is 1. The maximum atomic E-state index is 11.5.